The van der Waals surface area contributed by atoms with E-state index in [9.17, 15) is 4.79 Å². The number of amides is 1. The second-order valence-electron chi connectivity index (χ2n) is 6.48. The Kier molecular flexibility index (Phi) is 5.73. The van der Waals surface area contributed by atoms with Crippen LogP contribution in [0.25, 0.3) is 27.7 Å². The molecule has 5 nitrogen and oxygen atoms in total. The fourth-order valence-electron chi connectivity index (χ4n) is 3.36. The Hall–Kier alpha value is -3.21. The van der Waals surface area contributed by atoms with Gasteiger partial charge in [0.15, 0.2) is 0 Å². The fourth-order valence-corrected chi connectivity index (χ4v) is 3.36. The number of rotatable bonds is 6. The van der Waals surface area contributed by atoms with Gasteiger partial charge >= 0.3 is 0 Å². The summed E-state index contributed by atoms with van der Waals surface area (Å²) in [7, 11) is 3.26. The van der Waals surface area contributed by atoms with E-state index in [4.69, 9.17) is 13.9 Å². The summed E-state index contributed by atoms with van der Waals surface area (Å²) in [5.41, 5.74) is 5.24. The molecule has 0 aliphatic heterocycles. The quantitative estimate of drug-likeness (QED) is 0.615. The van der Waals surface area contributed by atoms with Crippen molar-refractivity contribution in [3.05, 3.63) is 53.8 Å². The minimum atomic E-state index is -0.158. The first kappa shape index (κ1) is 19.5. The number of methoxy groups -OCH3 is 1. The molecule has 0 radical (unpaired) electrons. The van der Waals surface area contributed by atoms with Crippen LogP contribution in [0.4, 0.5) is 0 Å². The number of para-hydroxylation sites is 1. The summed E-state index contributed by atoms with van der Waals surface area (Å²) in [4.78, 5) is 11.9. The predicted octanol–water partition coefficient (Wildman–Crippen LogP) is 4.96. The molecule has 1 amide bonds. The Bertz CT molecular complexity index is 1050. The SMILES string of the molecule is CCOc1c(/C(C)=C/C(=O)NC)cc2c(-c3ccccc3OC)coc2c1C. The molecule has 0 saturated heterocycles. The van der Waals surface area contributed by atoms with Gasteiger partial charge in [0.25, 0.3) is 0 Å². The number of benzene rings is 2. The average Bonchev–Trinajstić information content (AvgIpc) is 3.13. The van der Waals surface area contributed by atoms with Crippen LogP contribution in [-0.4, -0.2) is 26.7 Å². The lowest BCUT2D eigenvalue weighted by Crippen LogP contribution is -2.14. The van der Waals surface area contributed by atoms with Gasteiger partial charge in [0.05, 0.1) is 20.0 Å². The molecule has 0 atom stereocenters. The third kappa shape index (κ3) is 3.48. The minimum Gasteiger partial charge on any atom is -0.496 e. The van der Waals surface area contributed by atoms with Gasteiger partial charge in [-0.1, -0.05) is 18.2 Å². The van der Waals surface area contributed by atoms with Gasteiger partial charge in [-0.15, -0.1) is 0 Å². The minimum absolute atomic E-state index is 0.158. The van der Waals surface area contributed by atoms with Crippen molar-refractivity contribution in [3.63, 3.8) is 0 Å². The number of carbonyl (C=O) groups is 1. The average molecular weight is 379 g/mol. The number of nitrogens with one attached hydrogen (secondary N) is 1. The van der Waals surface area contributed by atoms with E-state index in [0.717, 1.165) is 50.3 Å². The number of ether oxygens (including phenoxy) is 2. The summed E-state index contributed by atoms with van der Waals surface area (Å²) >= 11 is 0. The largest absolute Gasteiger partial charge is 0.496 e. The molecule has 0 spiro atoms. The monoisotopic (exact) mass is 379 g/mol. The Labute approximate surface area is 164 Å². The van der Waals surface area contributed by atoms with Gasteiger partial charge in [0.1, 0.15) is 17.1 Å². The predicted molar refractivity (Wildman–Crippen MR) is 112 cm³/mol. The maximum atomic E-state index is 11.9. The lowest BCUT2D eigenvalue weighted by atomic mass is 9.96. The number of carbonyl (C=O) groups excluding carboxylic acids is 1. The number of hydrogen-bond donors (Lipinski definition) is 1. The smallest absolute Gasteiger partial charge is 0.244 e. The van der Waals surface area contributed by atoms with Crippen LogP contribution >= 0.6 is 0 Å². The van der Waals surface area contributed by atoms with Crippen molar-refractivity contribution in [2.45, 2.75) is 20.8 Å². The molecule has 1 N–H and O–H groups in total. The number of allylic oxidation sites excluding steroid dienone is 1. The summed E-state index contributed by atoms with van der Waals surface area (Å²) in [5.74, 6) is 1.35. The van der Waals surface area contributed by atoms with E-state index in [0.29, 0.717) is 6.61 Å². The highest BCUT2D eigenvalue weighted by molar-refractivity contribution is 6.02. The number of likely N-dealkylation sites (N-methyl/N-ethyl adjacent to an activating group) is 1. The van der Waals surface area contributed by atoms with E-state index >= 15 is 0 Å². The molecular weight excluding hydrogens is 354 g/mol. The molecule has 1 aromatic heterocycles. The summed E-state index contributed by atoms with van der Waals surface area (Å²) < 4.78 is 17.4. The van der Waals surface area contributed by atoms with E-state index in [1.54, 1.807) is 26.5 Å². The van der Waals surface area contributed by atoms with Gasteiger partial charge in [0, 0.05) is 40.8 Å². The Morgan fingerprint density at radius 3 is 2.68 bits per heavy atom. The number of furan rings is 1. The Balaban J connectivity index is 2.29. The molecule has 1 heterocycles. The van der Waals surface area contributed by atoms with Gasteiger partial charge in [0.2, 0.25) is 5.91 Å². The van der Waals surface area contributed by atoms with Crippen molar-refractivity contribution in [2.24, 2.45) is 0 Å². The summed E-state index contributed by atoms with van der Waals surface area (Å²) in [6.07, 6.45) is 3.32. The molecule has 0 saturated carbocycles. The molecule has 2 aromatic carbocycles. The van der Waals surface area contributed by atoms with Crippen LogP contribution in [0.5, 0.6) is 11.5 Å². The van der Waals surface area contributed by atoms with Crippen LogP contribution in [0.1, 0.15) is 25.0 Å². The molecule has 0 unspecified atom stereocenters. The standard InChI is InChI=1S/C23H25NO4/c1-6-27-22-15(3)23-18(12-17(22)14(2)11-21(25)24-4)19(13-28-23)16-9-7-8-10-20(16)26-5/h7-13H,6H2,1-5H3,(H,24,25)/b14-11+. The third-order valence-electron chi connectivity index (χ3n) is 4.75. The van der Waals surface area contributed by atoms with Crippen LogP contribution in [0.15, 0.2) is 47.1 Å². The van der Waals surface area contributed by atoms with Gasteiger partial charge in [-0.05, 0) is 38.5 Å². The number of fused-ring (bicyclic) bond motifs is 1. The highest BCUT2D eigenvalue weighted by Gasteiger charge is 2.20. The van der Waals surface area contributed by atoms with Crippen molar-refractivity contribution in [2.75, 3.05) is 20.8 Å². The van der Waals surface area contributed by atoms with Crippen molar-refractivity contribution in [1.29, 1.82) is 0 Å². The van der Waals surface area contributed by atoms with E-state index in [1.807, 2.05) is 51.1 Å². The topological polar surface area (TPSA) is 60.7 Å². The number of hydrogen-bond acceptors (Lipinski definition) is 4. The van der Waals surface area contributed by atoms with E-state index in [1.165, 1.54) is 0 Å². The van der Waals surface area contributed by atoms with Gasteiger partial charge in [-0.2, -0.15) is 0 Å². The van der Waals surface area contributed by atoms with E-state index in [2.05, 4.69) is 5.32 Å². The molecule has 3 aromatic rings. The molecule has 0 aliphatic carbocycles. The zero-order valence-electron chi connectivity index (χ0n) is 16.9. The molecule has 28 heavy (non-hydrogen) atoms. The highest BCUT2D eigenvalue weighted by Crippen LogP contribution is 2.42. The first-order valence-electron chi connectivity index (χ1n) is 9.23. The van der Waals surface area contributed by atoms with Crippen molar-refractivity contribution >= 4 is 22.4 Å². The third-order valence-corrected chi connectivity index (χ3v) is 4.75. The van der Waals surface area contributed by atoms with E-state index in [-0.39, 0.29) is 5.91 Å². The Morgan fingerprint density at radius 1 is 1.25 bits per heavy atom. The molecular formula is C23H25NO4. The van der Waals surface area contributed by atoms with Crippen LogP contribution in [0, 0.1) is 6.92 Å². The maximum Gasteiger partial charge on any atom is 0.244 e. The fraction of sp³-hybridized carbons (Fsp3) is 0.261. The molecule has 0 fully saturated rings. The molecule has 0 bridgehead atoms. The van der Waals surface area contributed by atoms with E-state index < -0.39 is 0 Å². The van der Waals surface area contributed by atoms with Gasteiger partial charge in [-0.3, -0.25) is 4.79 Å². The van der Waals surface area contributed by atoms with Crippen LogP contribution in [0.3, 0.4) is 0 Å². The zero-order chi connectivity index (χ0) is 20.3. The highest BCUT2D eigenvalue weighted by atomic mass is 16.5. The second-order valence-corrected chi connectivity index (χ2v) is 6.48. The second kappa shape index (κ2) is 8.21. The lowest BCUT2D eigenvalue weighted by molar-refractivity contribution is -0.116. The van der Waals surface area contributed by atoms with Gasteiger partial charge in [-0.25, -0.2) is 0 Å². The van der Waals surface area contributed by atoms with Gasteiger partial charge < -0.3 is 19.2 Å². The summed E-state index contributed by atoms with van der Waals surface area (Å²) in [6, 6.07) is 9.85. The summed E-state index contributed by atoms with van der Waals surface area (Å²) in [5, 5.41) is 3.57. The lowest BCUT2D eigenvalue weighted by Gasteiger charge is -2.15. The number of aryl methyl sites for hydroxylation is 1. The van der Waals surface area contributed by atoms with Crippen LogP contribution in [-0.2, 0) is 4.79 Å². The van der Waals surface area contributed by atoms with Crippen LogP contribution < -0.4 is 14.8 Å². The first-order valence-corrected chi connectivity index (χ1v) is 9.23. The van der Waals surface area contributed by atoms with Crippen molar-refractivity contribution in [1.82, 2.24) is 5.32 Å². The maximum absolute atomic E-state index is 11.9. The summed E-state index contributed by atoms with van der Waals surface area (Å²) in [6.45, 7) is 6.33. The normalized spacial score (nSPS) is 11.5. The first-order chi connectivity index (χ1) is 13.5. The molecule has 3 rings (SSSR count). The molecule has 146 valence electrons. The van der Waals surface area contributed by atoms with Crippen molar-refractivity contribution < 1.29 is 18.7 Å². The van der Waals surface area contributed by atoms with Crippen molar-refractivity contribution in [3.8, 4) is 22.6 Å². The molecule has 0 aliphatic rings. The zero-order valence-corrected chi connectivity index (χ0v) is 16.9. The van der Waals surface area contributed by atoms with Crippen LogP contribution in [0.2, 0.25) is 0 Å². The Morgan fingerprint density at radius 2 is 2.00 bits per heavy atom. The molecule has 5 heteroatoms.